The van der Waals surface area contributed by atoms with Crippen LogP contribution in [-0.4, -0.2) is 47.6 Å². The first-order chi connectivity index (χ1) is 8.18. The van der Waals surface area contributed by atoms with Crippen molar-refractivity contribution in [2.45, 2.75) is 38.1 Å². The summed E-state index contributed by atoms with van der Waals surface area (Å²) in [6.45, 7) is 1.99. The molecule has 0 radical (unpaired) electrons. The lowest BCUT2D eigenvalue weighted by atomic mass is 9.96. The molecule has 17 heavy (non-hydrogen) atoms. The molecule has 5 heteroatoms. The van der Waals surface area contributed by atoms with Crippen LogP contribution in [0.5, 0.6) is 0 Å². The fourth-order valence-corrected chi connectivity index (χ4v) is 2.66. The summed E-state index contributed by atoms with van der Waals surface area (Å²) in [4.78, 5) is 24.9. The third-order valence-corrected chi connectivity index (χ3v) is 3.69. The monoisotopic (exact) mass is 240 g/mol. The van der Waals surface area contributed by atoms with Crippen LogP contribution < -0.4 is 5.32 Å². The summed E-state index contributed by atoms with van der Waals surface area (Å²) < 4.78 is 0. The van der Waals surface area contributed by atoms with E-state index < -0.39 is 5.97 Å². The number of carboxylic acid groups (broad SMARTS) is 1. The number of carbonyl (C=O) groups excluding carboxylic acids is 1. The molecule has 2 N–H and O–H groups in total. The third kappa shape index (κ3) is 2.97. The smallest absolute Gasteiger partial charge is 0.308 e. The van der Waals surface area contributed by atoms with Gasteiger partial charge in [0.05, 0.1) is 12.0 Å². The van der Waals surface area contributed by atoms with E-state index in [4.69, 9.17) is 5.11 Å². The molecule has 0 aliphatic carbocycles. The summed E-state index contributed by atoms with van der Waals surface area (Å²) in [5.74, 6) is -1.06. The zero-order valence-electron chi connectivity index (χ0n) is 10.0. The van der Waals surface area contributed by atoms with Crippen LogP contribution in [0.2, 0.25) is 0 Å². The Hall–Kier alpha value is -1.10. The molecule has 0 aromatic heterocycles. The molecule has 0 aromatic carbocycles. The second-order valence-corrected chi connectivity index (χ2v) is 4.96. The van der Waals surface area contributed by atoms with Gasteiger partial charge in [-0.2, -0.15) is 0 Å². The summed E-state index contributed by atoms with van der Waals surface area (Å²) >= 11 is 0. The van der Waals surface area contributed by atoms with Crippen LogP contribution >= 0.6 is 0 Å². The Kier molecular flexibility index (Phi) is 3.99. The SMILES string of the molecule is O=C(O)[C@H]1CCCN(C(=O)C2CCCCN2)C1. The Labute approximate surface area is 101 Å². The van der Waals surface area contributed by atoms with Crippen LogP contribution in [0.15, 0.2) is 0 Å². The number of carboxylic acids is 1. The van der Waals surface area contributed by atoms with Crippen molar-refractivity contribution in [1.29, 1.82) is 0 Å². The predicted molar refractivity (Wildman–Crippen MR) is 62.6 cm³/mol. The van der Waals surface area contributed by atoms with Crippen molar-refractivity contribution in [3.63, 3.8) is 0 Å². The number of nitrogens with one attached hydrogen (secondary N) is 1. The van der Waals surface area contributed by atoms with Crippen molar-refractivity contribution >= 4 is 11.9 Å². The molecular weight excluding hydrogens is 220 g/mol. The number of piperidine rings is 2. The highest BCUT2D eigenvalue weighted by Gasteiger charge is 2.31. The van der Waals surface area contributed by atoms with Gasteiger partial charge in [-0.3, -0.25) is 9.59 Å². The summed E-state index contributed by atoms with van der Waals surface area (Å²) in [5.41, 5.74) is 0. The van der Waals surface area contributed by atoms with Crippen molar-refractivity contribution in [3.05, 3.63) is 0 Å². The van der Waals surface area contributed by atoms with E-state index in [2.05, 4.69) is 5.32 Å². The molecule has 0 aromatic rings. The second-order valence-electron chi connectivity index (χ2n) is 4.96. The molecule has 5 nitrogen and oxygen atoms in total. The van der Waals surface area contributed by atoms with E-state index in [0.29, 0.717) is 19.5 Å². The highest BCUT2D eigenvalue weighted by atomic mass is 16.4. The number of hydrogen-bond acceptors (Lipinski definition) is 3. The van der Waals surface area contributed by atoms with E-state index in [-0.39, 0.29) is 17.9 Å². The van der Waals surface area contributed by atoms with Crippen LogP contribution in [0.4, 0.5) is 0 Å². The molecule has 2 saturated heterocycles. The van der Waals surface area contributed by atoms with Gasteiger partial charge >= 0.3 is 5.97 Å². The zero-order chi connectivity index (χ0) is 12.3. The molecule has 96 valence electrons. The Morgan fingerprint density at radius 2 is 2.00 bits per heavy atom. The molecular formula is C12H20N2O3. The zero-order valence-corrected chi connectivity index (χ0v) is 10.0. The third-order valence-electron chi connectivity index (χ3n) is 3.69. The Bertz CT molecular complexity index is 300. The summed E-state index contributed by atoms with van der Waals surface area (Å²) in [6.07, 6.45) is 4.58. The Morgan fingerprint density at radius 3 is 2.65 bits per heavy atom. The Morgan fingerprint density at radius 1 is 1.18 bits per heavy atom. The largest absolute Gasteiger partial charge is 0.481 e. The van der Waals surface area contributed by atoms with E-state index in [0.717, 1.165) is 32.2 Å². The van der Waals surface area contributed by atoms with Crippen molar-refractivity contribution < 1.29 is 14.7 Å². The van der Waals surface area contributed by atoms with Gasteiger partial charge in [-0.15, -0.1) is 0 Å². The van der Waals surface area contributed by atoms with Crippen molar-refractivity contribution in [2.75, 3.05) is 19.6 Å². The molecule has 1 amide bonds. The first-order valence-corrected chi connectivity index (χ1v) is 6.43. The van der Waals surface area contributed by atoms with Gasteiger partial charge in [0, 0.05) is 13.1 Å². The highest BCUT2D eigenvalue weighted by molar-refractivity contribution is 5.83. The minimum absolute atomic E-state index is 0.0868. The average molecular weight is 240 g/mol. The number of rotatable bonds is 2. The number of nitrogens with zero attached hydrogens (tertiary/aromatic N) is 1. The molecule has 2 aliphatic heterocycles. The lowest BCUT2D eigenvalue weighted by molar-refractivity contribution is -0.146. The Balaban J connectivity index is 1.91. The van der Waals surface area contributed by atoms with Crippen molar-refractivity contribution in [3.8, 4) is 0 Å². The molecule has 2 atom stereocenters. The lowest BCUT2D eigenvalue weighted by Gasteiger charge is -2.34. The minimum Gasteiger partial charge on any atom is -0.481 e. The van der Waals surface area contributed by atoms with Gasteiger partial charge in [-0.25, -0.2) is 0 Å². The molecule has 1 unspecified atom stereocenters. The van der Waals surface area contributed by atoms with E-state index in [1.165, 1.54) is 0 Å². The predicted octanol–water partition coefficient (Wildman–Crippen LogP) is 0.452. The molecule has 2 rings (SSSR count). The molecule has 2 fully saturated rings. The number of amides is 1. The van der Waals surface area contributed by atoms with Gasteiger partial charge in [0.1, 0.15) is 0 Å². The van der Waals surface area contributed by atoms with Gasteiger partial charge in [-0.1, -0.05) is 6.42 Å². The quantitative estimate of drug-likeness (QED) is 0.735. The van der Waals surface area contributed by atoms with E-state index in [9.17, 15) is 9.59 Å². The highest BCUT2D eigenvalue weighted by Crippen LogP contribution is 2.19. The molecule has 2 aliphatic rings. The van der Waals surface area contributed by atoms with Gasteiger partial charge in [-0.05, 0) is 32.2 Å². The second kappa shape index (κ2) is 5.49. The van der Waals surface area contributed by atoms with Gasteiger partial charge in [0.2, 0.25) is 5.91 Å². The number of hydrogen-bond donors (Lipinski definition) is 2. The number of carbonyl (C=O) groups is 2. The molecule has 0 bridgehead atoms. The van der Waals surface area contributed by atoms with Crippen molar-refractivity contribution in [1.82, 2.24) is 10.2 Å². The number of aliphatic carboxylic acids is 1. The molecule has 0 saturated carbocycles. The summed E-state index contributed by atoms with van der Waals surface area (Å²) in [6, 6.07) is -0.0868. The topological polar surface area (TPSA) is 69.6 Å². The normalized spacial score (nSPS) is 30.0. The molecule has 2 heterocycles. The van der Waals surface area contributed by atoms with Gasteiger partial charge < -0.3 is 15.3 Å². The maximum absolute atomic E-state index is 12.2. The van der Waals surface area contributed by atoms with Crippen molar-refractivity contribution in [2.24, 2.45) is 5.92 Å². The standard InChI is InChI=1S/C12H20N2O3/c15-11(10-5-1-2-6-13-10)14-7-3-4-9(8-14)12(16)17/h9-10,13H,1-8H2,(H,16,17)/t9-,10?/m0/s1. The first kappa shape index (κ1) is 12.4. The van der Waals surface area contributed by atoms with Crippen LogP contribution in [0, 0.1) is 5.92 Å². The first-order valence-electron chi connectivity index (χ1n) is 6.43. The fourth-order valence-electron chi connectivity index (χ4n) is 2.66. The summed E-state index contributed by atoms with van der Waals surface area (Å²) in [5, 5.41) is 12.2. The average Bonchev–Trinajstić information content (AvgIpc) is 2.39. The van der Waals surface area contributed by atoms with Crippen LogP contribution in [-0.2, 0) is 9.59 Å². The maximum atomic E-state index is 12.2. The maximum Gasteiger partial charge on any atom is 0.308 e. The summed E-state index contributed by atoms with van der Waals surface area (Å²) in [7, 11) is 0. The van der Waals surface area contributed by atoms with Crippen LogP contribution in [0.1, 0.15) is 32.1 Å². The minimum atomic E-state index is -0.779. The van der Waals surface area contributed by atoms with E-state index in [1.807, 2.05) is 0 Å². The van der Waals surface area contributed by atoms with E-state index >= 15 is 0 Å². The number of likely N-dealkylation sites (tertiary alicyclic amines) is 1. The van der Waals surface area contributed by atoms with Crippen LogP contribution in [0.25, 0.3) is 0 Å². The van der Waals surface area contributed by atoms with Gasteiger partial charge in [0.15, 0.2) is 0 Å². The van der Waals surface area contributed by atoms with Gasteiger partial charge in [0.25, 0.3) is 0 Å². The van der Waals surface area contributed by atoms with Crippen LogP contribution in [0.3, 0.4) is 0 Å². The fraction of sp³-hybridized carbons (Fsp3) is 0.833. The van der Waals surface area contributed by atoms with E-state index in [1.54, 1.807) is 4.90 Å². The molecule has 0 spiro atoms. The lowest BCUT2D eigenvalue weighted by Crippen LogP contribution is -2.52.